The lowest BCUT2D eigenvalue weighted by Gasteiger charge is -2.12. The molecule has 0 spiro atoms. The molecule has 1 heterocycles. The Balaban J connectivity index is 2.21. The Morgan fingerprint density at radius 2 is 2.06 bits per heavy atom. The first-order valence-corrected chi connectivity index (χ1v) is 7.13. The minimum atomic E-state index is 0.420. The summed E-state index contributed by atoms with van der Waals surface area (Å²) in [5, 5.41) is 4.72. The summed E-state index contributed by atoms with van der Waals surface area (Å²) in [6, 6.07) is 0.420. The number of nitrogens with one attached hydrogen (secondary N) is 1. The van der Waals surface area contributed by atoms with Crippen molar-refractivity contribution in [2.45, 2.75) is 46.1 Å². The van der Waals surface area contributed by atoms with E-state index in [0.717, 1.165) is 24.6 Å². The van der Waals surface area contributed by atoms with Crippen molar-refractivity contribution in [2.75, 3.05) is 20.3 Å². The second kappa shape index (κ2) is 7.80. The van der Waals surface area contributed by atoms with Gasteiger partial charge in [-0.3, -0.25) is 0 Å². The van der Waals surface area contributed by atoms with Crippen LogP contribution in [0.3, 0.4) is 0 Å². The van der Waals surface area contributed by atoms with Crippen molar-refractivity contribution < 1.29 is 4.74 Å². The summed E-state index contributed by atoms with van der Waals surface area (Å²) in [5.41, 5.74) is 1.17. The van der Waals surface area contributed by atoms with Gasteiger partial charge in [-0.25, -0.2) is 4.98 Å². The second-order valence-electron chi connectivity index (χ2n) is 4.41. The first kappa shape index (κ1) is 14.6. The van der Waals surface area contributed by atoms with Gasteiger partial charge in [0.2, 0.25) is 0 Å². The van der Waals surface area contributed by atoms with Crippen LogP contribution >= 0.6 is 11.3 Å². The average Bonchev–Trinajstić information content (AvgIpc) is 2.62. The highest BCUT2D eigenvalue weighted by atomic mass is 32.1. The highest BCUT2D eigenvalue weighted by Gasteiger charge is 2.11. The molecule has 1 unspecified atom stereocenters. The fourth-order valence-corrected chi connectivity index (χ4v) is 2.86. The molecule has 0 aliphatic carbocycles. The van der Waals surface area contributed by atoms with Gasteiger partial charge in [0.15, 0.2) is 0 Å². The van der Waals surface area contributed by atoms with Gasteiger partial charge in [-0.2, -0.15) is 0 Å². The van der Waals surface area contributed by atoms with Gasteiger partial charge in [-0.15, -0.1) is 11.3 Å². The Labute approximate surface area is 109 Å². The quantitative estimate of drug-likeness (QED) is 0.725. The molecule has 3 nitrogen and oxygen atoms in total. The lowest BCUT2D eigenvalue weighted by Crippen LogP contribution is -2.19. The summed E-state index contributed by atoms with van der Waals surface area (Å²) in [5.74, 6) is 0. The Morgan fingerprint density at radius 3 is 2.65 bits per heavy atom. The van der Waals surface area contributed by atoms with E-state index in [0.29, 0.717) is 6.04 Å². The van der Waals surface area contributed by atoms with Gasteiger partial charge < -0.3 is 10.1 Å². The van der Waals surface area contributed by atoms with Gasteiger partial charge in [-0.1, -0.05) is 0 Å². The van der Waals surface area contributed by atoms with Crippen LogP contribution in [0, 0.1) is 13.8 Å². The van der Waals surface area contributed by atoms with Crippen LogP contribution in [0.1, 0.15) is 47.8 Å². The summed E-state index contributed by atoms with van der Waals surface area (Å²) < 4.78 is 5.03. The van der Waals surface area contributed by atoms with Crippen molar-refractivity contribution in [3.05, 3.63) is 15.6 Å². The molecule has 0 bridgehead atoms. The zero-order valence-corrected chi connectivity index (χ0v) is 12.2. The Hall–Kier alpha value is -0.450. The van der Waals surface area contributed by atoms with E-state index < -0.39 is 0 Å². The van der Waals surface area contributed by atoms with E-state index in [4.69, 9.17) is 4.74 Å². The molecule has 1 atom stereocenters. The molecule has 0 aliphatic rings. The van der Waals surface area contributed by atoms with Crippen molar-refractivity contribution >= 4 is 11.3 Å². The molecule has 0 aromatic carbocycles. The van der Waals surface area contributed by atoms with Crippen molar-refractivity contribution in [1.82, 2.24) is 10.3 Å². The van der Waals surface area contributed by atoms with Gasteiger partial charge in [0.1, 0.15) is 0 Å². The van der Waals surface area contributed by atoms with Crippen molar-refractivity contribution in [2.24, 2.45) is 0 Å². The van der Waals surface area contributed by atoms with Crippen molar-refractivity contribution in [1.29, 1.82) is 0 Å². The zero-order valence-electron chi connectivity index (χ0n) is 11.4. The van der Waals surface area contributed by atoms with E-state index >= 15 is 0 Å². The zero-order chi connectivity index (χ0) is 12.7. The topological polar surface area (TPSA) is 34.1 Å². The summed E-state index contributed by atoms with van der Waals surface area (Å²) in [6.07, 6.45) is 3.60. The molecule has 1 N–H and O–H groups in total. The third-order valence-electron chi connectivity index (χ3n) is 2.81. The summed E-state index contributed by atoms with van der Waals surface area (Å²) in [7, 11) is 1.76. The molecule has 0 aliphatic heterocycles. The molecule has 0 fully saturated rings. The van der Waals surface area contributed by atoms with Crippen LogP contribution in [-0.2, 0) is 4.74 Å². The standard InChI is InChI=1S/C13H24N2OS/c1-10(13-11(2)15-12(3)17-13)14-8-6-5-7-9-16-4/h10,14H,5-9H2,1-4H3. The van der Waals surface area contributed by atoms with Crippen LogP contribution in [0.25, 0.3) is 0 Å². The van der Waals surface area contributed by atoms with Crippen LogP contribution in [0.4, 0.5) is 0 Å². The number of unbranched alkanes of at least 4 members (excludes halogenated alkanes) is 2. The minimum Gasteiger partial charge on any atom is -0.385 e. The van der Waals surface area contributed by atoms with Crippen LogP contribution in [-0.4, -0.2) is 25.2 Å². The molecule has 17 heavy (non-hydrogen) atoms. The SMILES string of the molecule is COCCCCCNC(C)c1sc(C)nc1C. The van der Waals surface area contributed by atoms with Gasteiger partial charge in [0, 0.05) is 24.6 Å². The number of hydrogen-bond donors (Lipinski definition) is 1. The predicted molar refractivity (Wildman–Crippen MR) is 73.7 cm³/mol. The monoisotopic (exact) mass is 256 g/mol. The highest BCUT2D eigenvalue weighted by Crippen LogP contribution is 2.24. The van der Waals surface area contributed by atoms with Crippen LogP contribution < -0.4 is 5.32 Å². The molecule has 4 heteroatoms. The summed E-state index contributed by atoms with van der Waals surface area (Å²) in [6.45, 7) is 8.33. The van der Waals surface area contributed by atoms with Gasteiger partial charge in [0.25, 0.3) is 0 Å². The number of methoxy groups -OCH3 is 1. The molecule has 1 aromatic rings. The van der Waals surface area contributed by atoms with E-state index in [2.05, 4.69) is 31.1 Å². The van der Waals surface area contributed by atoms with E-state index in [-0.39, 0.29) is 0 Å². The molecular formula is C13H24N2OS. The second-order valence-corrected chi connectivity index (χ2v) is 5.65. The molecular weight excluding hydrogens is 232 g/mol. The van der Waals surface area contributed by atoms with E-state index in [1.165, 1.54) is 23.4 Å². The maximum atomic E-state index is 5.03. The average molecular weight is 256 g/mol. The van der Waals surface area contributed by atoms with Crippen LogP contribution in [0.5, 0.6) is 0 Å². The van der Waals surface area contributed by atoms with Gasteiger partial charge in [0.05, 0.1) is 10.7 Å². The molecule has 0 amide bonds. The summed E-state index contributed by atoms with van der Waals surface area (Å²) in [4.78, 5) is 5.84. The molecule has 0 saturated carbocycles. The number of aryl methyl sites for hydroxylation is 2. The molecule has 0 radical (unpaired) electrons. The van der Waals surface area contributed by atoms with Crippen molar-refractivity contribution in [3.63, 3.8) is 0 Å². The number of rotatable bonds is 8. The Kier molecular flexibility index (Phi) is 6.70. The van der Waals surface area contributed by atoms with E-state index in [9.17, 15) is 0 Å². The smallest absolute Gasteiger partial charge is 0.0900 e. The highest BCUT2D eigenvalue weighted by molar-refractivity contribution is 7.11. The maximum Gasteiger partial charge on any atom is 0.0900 e. The first-order chi connectivity index (χ1) is 8.15. The molecule has 1 aromatic heterocycles. The minimum absolute atomic E-state index is 0.420. The van der Waals surface area contributed by atoms with Crippen LogP contribution in [0.15, 0.2) is 0 Å². The molecule has 1 rings (SSSR count). The lowest BCUT2D eigenvalue weighted by molar-refractivity contribution is 0.192. The maximum absolute atomic E-state index is 5.03. The Bertz CT molecular complexity index is 325. The number of hydrogen-bond acceptors (Lipinski definition) is 4. The number of ether oxygens (including phenoxy) is 1. The number of thiazole rings is 1. The lowest BCUT2D eigenvalue weighted by atomic mass is 10.2. The van der Waals surface area contributed by atoms with E-state index in [1.54, 1.807) is 18.4 Å². The number of nitrogens with zero attached hydrogens (tertiary/aromatic N) is 1. The molecule has 98 valence electrons. The normalized spacial score (nSPS) is 12.9. The summed E-state index contributed by atoms with van der Waals surface area (Å²) >= 11 is 1.80. The third-order valence-corrected chi connectivity index (χ3v) is 4.06. The molecule has 0 saturated heterocycles. The van der Waals surface area contributed by atoms with Crippen molar-refractivity contribution in [3.8, 4) is 0 Å². The fraction of sp³-hybridized carbons (Fsp3) is 0.769. The fourth-order valence-electron chi connectivity index (χ4n) is 1.91. The number of aromatic nitrogens is 1. The predicted octanol–water partition coefficient (Wildman–Crippen LogP) is 3.23. The third kappa shape index (κ3) is 5.15. The first-order valence-electron chi connectivity index (χ1n) is 6.31. The van der Waals surface area contributed by atoms with Crippen LogP contribution in [0.2, 0.25) is 0 Å². The van der Waals surface area contributed by atoms with Gasteiger partial charge in [-0.05, 0) is 46.6 Å². The Morgan fingerprint density at radius 1 is 1.29 bits per heavy atom. The van der Waals surface area contributed by atoms with Gasteiger partial charge >= 0.3 is 0 Å². The largest absolute Gasteiger partial charge is 0.385 e. The van der Waals surface area contributed by atoms with E-state index in [1.807, 2.05) is 0 Å².